The quantitative estimate of drug-likeness (QED) is 0.561. The average Bonchev–Trinajstić information content (AvgIpc) is 2.94. The molecule has 33 heavy (non-hydrogen) atoms. The monoisotopic (exact) mass is 466 g/mol. The molecule has 2 aromatic carbocycles. The first-order valence-electron chi connectivity index (χ1n) is 10.7. The summed E-state index contributed by atoms with van der Waals surface area (Å²) in [6, 6.07) is 11.5. The number of rotatable bonds is 5. The number of nitrogens with zero attached hydrogens (tertiary/aromatic N) is 2. The lowest BCUT2D eigenvalue weighted by Gasteiger charge is -2.19. The van der Waals surface area contributed by atoms with Crippen molar-refractivity contribution in [2.24, 2.45) is 0 Å². The number of hydrogen-bond acceptors (Lipinski definition) is 5. The molecule has 3 aromatic rings. The van der Waals surface area contributed by atoms with E-state index < -0.39 is 11.9 Å². The Labute approximate surface area is 195 Å². The van der Waals surface area contributed by atoms with Gasteiger partial charge in [-0.1, -0.05) is 29.8 Å². The molecule has 1 atom stereocenters. The van der Waals surface area contributed by atoms with Gasteiger partial charge >= 0.3 is 0 Å². The van der Waals surface area contributed by atoms with Crippen LogP contribution in [0.5, 0.6) is 0 Å². The van der Waals surface area contributed by atoms with Gasteiger partial charge in [-0.3, -0.25) is 29.1 Å². The first-order valence-corrected chi connectivity index (χ1v) is 11.1. The van der Waals surface area contributed by atoms with E-state index in [4.69, 9.17) is 11.6 Å². The van der Waals surface area contributed by atoms with Crippen molar-refractivity contribution in [3.05, 3.63) is 74.8 Å². The highest BCUT2D eigenvalue weighted by Gasteiger charge is 2.28. The summed E-state index contributed by atoms with van der Waals surface area (Å²) in [5.74, 6) is -0.573. The Morgan fingerprint density at radius 3 is 2.64 bits per heavy atom. The molecule has 1 fully saturated rings. The lowest BCUT2D eigenvalue weighted by molar-refractivity contribution is -0.131. The highest BCUT2D eigenvalue weighted by atomic mass is 35.5. The van der Waals surface area contributed by atoms with Gasteiger partial charge in [0.05, 0.1) is 17.3 Å². The van der Waals surface area contributed by atoms with Gasteiger partial charge in [0.1, 0.15) is 11.9 Å². The van der Waals surface area contributed by atoms with Crippen molar-refractivity contribution in [3.8, 4) is 0 Å². The molecule has 2 heterocycles. The number of aromatic nitrogens is 2. The second kappa shape index (κ2) is 9.54. The molecule has 0 bridgehead atoms. The fourth-order valence-corrected chi connectivity index (χ4v) is 4.13. The van der Waals surface area contributed by atoms with Crippen LogP contribution < -0.4 is 16.2 Å². The molecule has 0 spiro atoms. The van der Waals surface area contributed by atoms with Gasteiger partial charge in [-0.2, -0.15) is 0 Å². The van der Waals surface area contributed by atoms with E-state index in [0.29, 0.717) is 34.6 Å². The number of halogens is 1. The number of carbonyl (C=O) groups excluding carboxylic acids is 3. The van der Waals surface area contributed by atoms with Crippen molar-refractivity contribution in [3.63, 3.8) is 0 Å². The maximum absolute atomic E-state index is 13.3. The van der Waals surface area contributed by atoms with E-state index in [9.17, 15) is 19.2 Å². The van der Waals surface area contributed by atoms with Gasteiger partial charge in [-0.05, 0) is 55.2 Å². The van der Waals surface area contributed by atoms with Gasteiger partial charge in [0, 0.05) is 18.0 Å². The molecular weight excluding hydrogens is 444 g/mol. The molecule has 1 aliphatic rings. The maximum atomic E-state index is 13.3. The molecule has 1 saturated heterocycles. The molecular formula is C24H23ClN4O4. The number of imide groups is 1. The van der Waals surface area contributed by atoms with Gasteiger partial charge in [0.15, 0.2) is 0 Å². The van der Waals surface area contributed by atoms with Crippen LogP contribution in [-0.2, 0) is 27.3 Å². The average molecular weight is 467 g/mol. The number of aryl methyl sites for hydroxylation is 1. The molecule has 2 N–H and O–H groups in total. The first-order chi connectivity index (χ1) is 15.8. The second-order valence-electron chi connectivity index (χ2n) is 8.09. The van der Waals surface area contributed by atoms with Crippen LogP contribution in [0.4, 0.5) is 0 Å². The SMILES string of the molecule is Cc1nc2ccc(CNC(=O)Cc3ccc(Cl)cc3)cc2c(=O)n1C1CCCC(=O)NC1=O. The highest BCUT2D eigenvalue weighted by Crippen LogP contribution is 2.20. The third-order valence-corrected chi connectivity index (χ3v) is 5.92. The number of carbonyl (C=O) groups is 3. The van der Waals surface area contributed by atoms with Gasteiger partial charge in [0.2, 0.25) is 17.7 Å². The fraction of sp³-hybridized carbons (Fsp3) is 0.292. The van der Waals surface area contributed by atoms with E-state index in [1.807, 2.05) is 0 Å². The Morgan fingerprint density at radius 2 is 1.88 bits per heavy atom. The molecule has 9 heteroatoms. The smallest absolute Gasteiger partial charge is 0.262 e. The number of nitrogens with one attached hydrogen (secondary N) is 2. The van der Waals surface area contributed by atoms with Crippen molar-refractivity contribution in [2.45, 2.75) is 45.2 Å². The van der Waals surface area contributed by atoms with Crippen LogP contribution in [0.15, 0.2) is 47.3 Å². The van der Waals surface area contributed by atoms with E-state index in [2.05, 4.69) is 15.6 Å². The molecule has 1 aliphatic heterocycles. The summed E-state index contributed by atoms with van der Waals surface area (Å²) in [6.07, 6.45) is 1.35. The first kappa shape index (κ1) is 22.7. The molecule has 3 amide bonds. The van der Waals surface area contributed by atoms with Gasteiger partial charge in [-0.25, -0.2) is 4.98 Å². The molecule has 8 nitrogen and oxygen atoms in total. The minimum Gasteiger partial charge on any atom is -0.352 e. The van der Waals surface area contributed by atoms with Gasteiger partial charge in [0.25, 0.3) is 5.56 Å². The van der Waals surface area contributed by atoms with Crippen LogP contribution in [0.1, 0.15) is 42.3 Å². The second-order valence-corrected chi connectivity index (χ2v) is 8.52. The van der Waals surface area contributed by atoms with E-state index >= 15 is 0 Å². The molecule has 1 unspecified atom stereocenters. The summed E-state index contributed by atoms with van der Waals surface area (Å²) in [5, 5.41) is 6.16. The summed E-state index contributed by atoms with van der Waals surface area (Å²) in [5.41, 5.74) is 1.75. The van der Waals surface area contributed by atoms with Crippen molar-refractivity contribution in [1.29, 1.82) is 0 Å². The number of benzene rings is 2. The number of hydrogen-bond donors (Lipinski definition) is 2. The Bertz CT molecular complexity index is 1300. The minimum absolute atomic E-state index is 0.156. The van der Waals surface area contributed by atoms with Crippen LogP contribution in [0.3, 0.4) is 0 Å². The Balaban J connectivity index is 1.56. The van der Waals surface area contributed by atoms with E-state index in [1.165, 1.54) is 4.57 Å². The summed E-state index contributed by atoms with van der Waals surface area (Å²) < 4.78 is 1.36. The third kappa shape index (κ3) is 5.12. The molecule has 0 radical (unpaired) electrons. The largest absolute Gasteiger partial charge is 0.352 e. The van der Waals surface area contributed by atoms with E-state index in [0.717, 1.165) is 11.1 Å². The van der Waals surface area contributed by atoms with Crippen molar-refractivity contribution >= 4 is 40.2 Å². The van der Waals surface area contributed by atoms with Crippen molar-refractivity contribution in [2.75, 3.05) is 0 Å². The Hall–Kier alpha value is -3.52. The minimum atomic E-state index is -0.788. The number of amides is 3. The molecule has 170 valence electrons. The number of fused-ring (bicyclic) bond motifs is 1. The molecule has 0 saturated carbocycles. The van der Waals surface area contributed by atoms with Crippen LogP contribution in [-0.4, -0.2) is 27.3 Å². The molecule has 1 aromatic heterocycles. The maximum Gasteiger partial charge on any atom is 0.262 e. The summed E-state index contributed by atoms with van der Waals surface area (Å²) >= 11 is 5.87. The van der Waals surface area contributed by atoms with Gasteiger partial charge in [-0.15, -0.1) is 0 Å². The van der Waals surface area contributed by atoms with Crippen LogP contribution in [0.25, 0.3) is 10.9 Å². The van der Waals surface area contributed by atoms with Crippen LogP contribution >= 0.6 is 11.6 Å². The lowest BCUT2D eigenvalue weighted by Crippen LogP contribution is -2.39. The van der Waals surface area contributed by atoms with Crippen molar-refractivity contribution < 1.29 is 14.4 Å². The van der Waals surface area contributed by atoms with Gasteiger partial charge < -0.3 is 5.32 Å². The van der Waals surface area contributed by atoms with Crippen LogP contribution in [0.2, 0.25) is 5.02 Å². The lowest BCUT2D eigenvalue weighted by atomic mass is 10.1. The Kier molecular flexibility index (Phi) is 6.55. The fourth-order valence-electron chi connectivity index (χ4n) is 4.00. The summed E-state index contributed by atoms with van der Waals surface area (Å²) in [7, 11) is 0. The van der Waals surface area contributed by atoms with Crippen molar-refractivity contribution in [1.82, 2.24) is 20.2 Å². The zero-order chi connectivity index (χ0) is 23.5. The normalized spacial score (nSPS) is 16.4. The topological polar surface area (TPSA) is 110 Å². The third-order valence-electron chi connectivity index (χ3n) is 5.67. The zero-order valence-corrected chi connectivity index (χ0v) is 18.8. The van der Waals surface area contributed by atoms with Crippen LogP contribution in [0, 0.1) is 6.92 Å². The predicted octanol–water partition coefficient (Wildman–Crippen LogP) is 2.59. The van der Waals surface area contributed by atoms with E-state index in [-0.39, 0.29) is 36.8 Å². The zero-order valence-electron chi connectivity index (χ0n) is 18.1. The predicted molar refractivity (Wildman–Crippen MR) is 124 cm³/mol. The molecule has 0 aliphatic carbocycles. The van der Waals surface area contributed by atoms with E-state index in [1.54, 1.807) is 49.4 Å². The summed E-state index contributed by atoms with van der Waals surface area (Å²) in [6.45, 7) is 1.92. The summed E-state index contributed by atoms with van der Waals surface area (Å²) in [4.78, 5) is 54.3. The molecule has 4 rings (SSSR count). The Morgan fingerprint density at radius 1 is 1.15 bits per heavy atom. The standard InChI is InChI=1S/C24H23ClN4O4/c1-14-27-19-10-7-16(13-26-22(31)12-15-5-8-17(25)9-6-15)11-18(19)24(33)29(14)20-3-2-4-21(30)28-23(20)32/h5-11,20H,2-4,12-13H2,1H3,(H,26,31)(H,28,30,32). The highest BCUT2D eigenvalue weighted by molar-refractivity contribution is 6.30.